The van der Waals surface area contributed by atoms with Crippen LogP contribution in [0.1, 0.15) is 36.2 Å². The molecule has 0 aliphatic carbocycles. The van der Waals surface area contributed by atoms with Gasteiger partial charge in [0.25, 0.3) is 0 Å². The van der Waals surface area contributed by atoms with Crippen LogP contribution in [-0.4, -0.2) is 96.1 Å². The highest BCUT2D eigenvalue weighted by Gasteiger charge is 2.35. The predicted molar refractivity (Wildman–Crippen MR) is 153 cm³/mol. The average Bonchev–Trinajstić information content (AvgIpc) is 3.41. The number of rotatable bonds is 10. The van der Waals surface area contributed by atoms with Gasteiger partial charge in [0.15, 0.2) is 10.8 Å². The number of esters is 2. The first-order valence-electron chi connectivity index (χ1n) is 13.1. The number of aliphatic imine (C=N–C) groups is 1. The molecule has 2 aliphatic heterocycles. The van der Waals surface area contributed by atoms with E-state index in [9.17, 15) is 23.9 Å². The number of nitrogens with one attached hydrogen (secondary N) is 1. The van der Waals surface area contributed by atoms with E-state index in [1.165, 1.54) is 23.5 Å². The number of aliphatic hydroxyl groups excluding tert-OH is 1. The molecule has 1 aromatic heterocycles. The fraction of sp³-hybridized carbons (Fsp3) is 0.444. The van der Waals surface area contributed by atoms with Gasteiger partial charge in [-0.3, -0.25) is 19.5 Å². The summed E-state index contributed by atoms with van der Waals surface area (Å²) in [4.78, 5) is 50.4. The molecule has 1 atom stereocenters. The first-order chi connectivity index (χ1) is 19.7. The zero-order valence-electron chi connectivity index (χ0n) is 22.7. The molecule has 1 fully saturated rings. The number of aliphatic hydroxyl groups is 1. The van der Waals surface area contributed by atoms with Crippen molar-refractivity contribution < 1.29 is 33.4 Å². The molecular weight excluding hydrogens is 621 g/mol. The summed E-state index contributed by atoms with van der Waals surface area (Å²) in [6.45, 7) is 5.53. The predicted octanol–water partition coefficient (Wildman–Crippen LogP) is 2.20. The van der Waals surface area contributed by atoms with Crippen LogP contribution in [0.15, 0.2) is 44.3 Å². The Labute approximate surface area is 249 Å². The fourth-order valence-corrected chi connectivity index (χ4v) is 5.90. The number of hydrogen-bond acceptors (Lipinski definition) is 11. The lowest BCUT2D eigenvalue weighted by molar-refractivity contribution is -0.142. The smallest absolute Gasteiger partial charge is 0.338 e. The van der Waals surface area contributed by atoms with E-state index in [2.05, 4.69) is 31.1 Å². The molecule has 0 bridgehead atoms. The van der Waals surface area contributed by atoms with E-state index in [-0.39, 0.29) is 37.1 Å². The summed E-state index contributed by atoms with van der Waals surface area (Å²) >= 11 is 4.72. The van der Waals surface area contributed by atoms with E-state index in [4.69, 9.17) is 14.5 Å². The molecule has 3 heterocycles. The lowest BCUT2D eigenvalue weighted by atomic mass is 9.95. The summed E-state index contributed by atoms with van der Waals surface area (Å²) in [5.74, 6) is -1.33. The third kappa shape index (κ3) is 7.56. The number of halogens is 2. The van der Waals surface area contributed by atoms with Crippen LogP contribution < -0.4 is 5.32 Å². The summed E-state index contributed by atoms with van der Waals surface area (Å²) in [7, 11) is 0. The molecule has 0 saturated carbocycles. The largest absolute Gasteiger partial charge is 0.466 e. The second kappa shape index (κ2) is 14.1. The minimum atomic E-state index is -0.843. The second-order valence-corrected chi connectivity index (χ2v) is 10.9. The molecule has 2 N–H and O–H groups in total. The SMILES string of the molecule is CCOC(=O)Cc1csc(C2=NC(c3ccc(F)cc3Br)C(C(=O)OCC)=C(CN3CCN(C(=O)CO)CC3)N2)n1. The van der Waals surface area contributed by atoms with Crippen LogP contribution >= 0.6 is 27.3 Å². The zero-order valence-corrected chi connectivity index (χ0v) is 25.1. The number of thiazole rings is 1. The maximum atomic E-state index is 14.0. The van der Waals surface area contributed by atoms with Crippen LogP contribution in [0.5, 0.6) is 0 Å². The van der Waals surface area contributed by atoms with E-state index in [1.807, 2.05) is 0 Å². The highest BCUT2D eigenvalue weighted by molar-refractivity contribution is 9.10. The van der Waals surface area contributed by atoms with E-state index >= 15 is 0 Å². The summed E-state index contributed by atoms with van der Waals surface area (Å²) in [5, 5.41) is 14.7. The number of amides is 1. The van der Waals surface area contributed by atoms with Crippen molar-refractivity contribution in [3.8, 4) is 0 Å². The van der Waals surface area contributed by atoms with Gasteiger partial charge >= 0.3 is 11.9 Å². The van der Waals surface area contributed by atoms with Gasteiger partial charge in [0, 0.05) is 48.3 Å². The summed E-state index contributed by atoms with van der Waals surface area (Å²) in [6.07, 6.45) is 0.0121. The van der Waals surface area contributed by atoms with Crippen molar-refractivity contribution in [1.29, 1.82) is 0 Å². The third-order valence-electron chi connectivity index (χ3n) is 6.51. The van der Waals surface area contributed by atoms with Gasteiger partial charge in [0.1, 0.15) is 18.5 Å². The van der Waals surface area contributed by atoms with Crippen molar-refractivity contribution in [2.75, 3.05) is 52.5 Å². The summed E-state index contributed by atoms with van der Waals surface area (Å²) in [6, 6.07) is 3.34. The highest BCUT2D eigenvalue weighted by Crippen LogP contribution is 2.37. The van der Waals surface area contributed by atoms with Gasteiger partial charge in [0.2, 0.25) is 5.91 Å². The molecule has 11 nitrogen and oxygen atoms in total. The molecule has 4 rings (SSSR count). The van der Waals surface area contributed by atoms with Gasteiger partial charge in [-0.05, 0) is 31.5 Å². The Balaban J connectivity index is 1.71. The Morgan fingerprint density at radius 3 is 2.56 bits per heavy atom. The molecule has 0 radical (unpaired) electrons. The van der Waals surface area contributed by atoms with Crippen molar-refractivity contribution in [3.05, 3.63) is 61.4 Å². The topological polar surface area (TPSA) is 134 Å². The number of hydrogen-bond donors (Lipinski definition) is 2. The van der Waals surface area contributed by atoms with Crippen molar-refractivity contribution >= 4 is 50.9 Å². The van der Waals surface area contributed by atoms with Crippen LogP contribution in [0, 0.1) is 5.82 Å². The monoisotopic (exact) mass is 651 g/mol. The fourth-order valence-electron chi connectivity index (χ4n) is 4.56. The molecule has 41 heavy (non-hydrogen) atoms. The van der Waals surface area contributed by atoms with Gasteiger partial charge in [0.05, 0.1) is 30.9 Å². The van der Waals surface area contributed by atoms with Crippen molar-refractivity contribution in [1.82, 2.24) is 20.1 Å². The van der Waals surface area contributed by atoms with E-state index in [0.717, 1.165) is 0 Å². The van der Waals surface area contributed by atoms with Crippen LogP contribution in [-0.2, 0) is 30.3 Å². The number of benzene rings is 1. The Hall–Kier alpha value is -3.20. The van der Waals surface area contributed by atoms with Gasteiger partial charge < -0.3 is 24.8 Å². The van der Waals surface area contributed by atoms with Crippen LogP contribution in [0.25, 0.3) is 0 Å². The molecule has 1 unspecified atom stereocenters. The van der Waals surface area contributed by atoms with Gasteiger partial charge in [-0.1, -0.05) is 22.0 Å². The number of aromatic nitrogens is 1. The lowest BCUT2D eigenvalue weighted by Gasteiger charge is -2.36. The summed E-state index contributed by atoms with van der Waals surface area (Å²) < 4.78 is 24.9. The first-order valence-corrected chi connectivity index (χ1v) is 14.8. The molecule has 220 valence electrons. The molecule has 14 heteroatoms. The standard InChI is InChI=1S/C27H31BrFN5O6S/c1-3-39-22(37)12-17-15-41-26(30-17)25-31-20(13-33-7-9-34(10-8-33)21(36)14-35)23(27(38)40-4-2)24(32-25)18-6-5-16(29)11-19(18)28/h5-6,11,15,24,35H,3-4,7-10,12-14H2,1-2H3,(H,31,32). The van der Waals surface area contributed by atoms with Crippen molar-refractivity contribution in [2.24, 2.45) is 4.99 Å². The van der Waals surface area contributed by atoms with E-state index in [1.54, 1.807) is 30.2 Å². The second-order valence-electron chi connectivity index (χ2n) is 9.22. The van der Waals surface area contributed by atoms with Crippen molar-refractivity contribution in [2.45, 2.75) is 26.3 Å². The first kappa shape index (κ1) is 30.8. The average molecular weight is 653 g/mol. The zero-order chi connectivity index (χ0) is 29.5. The van der Waals surface area contributed by atoms with E-state index in [0.29, 0.717) is 65.0 Å². The van der Waals surface area contributed by atoms with Crippen LogP contribution in [0.2, 0.25) is 0 Å². The van der Waals surface area contributed by atoms with Gasteiger partial charge in [-0.15, -0.1) is 11.3 Å². The molecular formula is C27H31BrFN5O6S. The van der Waals surface area contributed by atoms with Gasteiger partial charge in [-0.2, -0.15) is 0 Å². The summed E-state index contributed by atoms with van der Waals surface area (Å²) in [5.41, 5.74) is 1.91. The minimum absolute atomic E-state index is 0.0121. The Morgan fingerprint density at radius 1 is 1.17 bits per heavy atom. The van der Waals surface area contributed by atoms with Crippen molar-refractivity contribution in [3.63, 3.8) is 0 Å². The Morgan fingerprint density at radius 2 is 1.90 bits per heavy atom. The molecule has 2 aliphatic rings. The normalized spacial score (nSPS) is 17.6. The lowest BCUT2D eigenvalue weighted by Crippen LogP contribution is -2.51. The Kier molecular flexibility index (Phi) is 10.6. The molecule has 2 aromatic rings. The molecule has 0 spiro atoms. The van der Waals surface area contributed by atoms with Crippen LogP contribution in [0.4, 0.5) is 4.39 Å². The minimum Gasteiger partial charge on any atom is -0.466 e. The molecule has 1 aromatic carbocycles. The van der Waals surface area contributed by atoms with Gasteiger partial charge in [-0.25, -0.2) is 14.2 Å². The maximum Gasteiger partial charge on any atom is 0.338 e. The highest BCUT2D eigenvalue weighted by atomic mass is 79.9. The Bertz CT molecular complexity index is 1360. The number of carbonyl (C=O) groups excluding carboxylic acids is 3. The maximum absolute atomic E-state index is 14.0. The quantitative estimate of drug-likeness (QED) is 0.371. The number of piperazine rings is 1. The van der Waals surface area contributed by atoms with E-state index < -0.39 is 24.4 Å². The third-order valence-corrected chi connectivity index (χ3v) is 8.09. The molecule has 1 saturated heterocycles. The van der Waals surface area contributed by atoms with Crippen LogP contribution in [0.3, 0.4) is 0 Å². The number of amidine groups is 1. The number of carbonyl (C=O) groups is 3. The number of nitrogens with zero attached hydrogens (tertiary/aromatic N) is 4. The number of ether oxygens (including phenoxy) is 2. The molecule has 1 amide bonds.